The minimum atomic E-state index is -0.163. The SMILES string of the molecule is CC1(C)c2ccccc2-c2cc(N(c3cccc(N(c4ccc5oc6ccccc6c5c4)c4cccc5c4-c4ccccc4C5(C)C)c3)c3cccc4oc5ccccc5c34)ccc21. The van der Waals surface area contributed by atoms with Crippen LogP contribution in [0.3, 0.4) is 0 Å². The van der Waals surface area contributed by atoms with Crippen molar-refractivity contribution in [1.29, 1.82) is 0 Å². The normalized spacial score (nSPS) is 14.2. The number of benzene rings is 9. The summed E-state index contributed by atoms with van der Waals surface area (Å²) in [5.74, 6) is 0. The Morgan fingerprint density at radius 1 is 0.328 bits per heavy atom. The topological polar surface area (TPSA) is 32.8 Å². The van der Waals surface area contributed by atoms with Gasteiger partial charge in [0.25, 0.3) is 0 Å². The van der Waals surface area contributed by atoms with Gasteiger partial charge >= 0.3 is 0 Å². The number of hydrogen-bond acceptors (Lipinski definition) is 4. The van der Waals surface area contributed by atoms with Gasteiger partial charge in [0.05, 0.1) is 16.8 Å². The highest BCUT2D eigenvalue weighted by atomic mass is 16.3. The van der Waals surface area contributed by atoms with Gasteiger partial charge in [0, 0.05) is 55.3 Å². The van der Waals surface area contributed by atoms with Gasteiger partial charge in [0.15, 0.2) is 0 Å². The van der Waals surface area contributed by atoms with Crippen molar-refractivity contribution in [2.75, 3.05) is 9.80 Å². The number of para-hydroxylation sites is 2. The van der Waals surface area contributed by atoms with E-state index in [2.05, 4.69) is 219 Å². The van der Waals surface area contributed by atoms with Gasteiger partial charge in [-0.05, 0) is 118 Å². The Morgan fingerprint density at radius 2 is 0.828 bits per heavy atom. The average molecular weight is 825 g/mol. The molecule has 0 atom stereocenters. The summed E-state index contributed by atoms with van der Waals surface area (Å²) in [5.41, 5.74) is 20.1. The quantitative estimate of drug-likeness (QED) is 0.167. The number of fused-ring (bicyclic) bond motifs is 12. The minimum Gasteiger partial charge on any atom is -0.456 e. The molecule has 0 fully saturated rings. The van der Waals surface area contributed by atoms with Gasteiger partial charge < -0.3 is 18.6 Å². The molecule has 13 rings (SSSR count). The van der Waals surface area contributed by atoms with Crippen LogP contribution in [0, 0.1) is 0 Å². The van der Waals surface area contributed by atoms with Crippen molar-refractivity contribution in [2.45, 2.75) is 38.5 Å². The molecule has 0 radical (unpaired) electrons. The first kappa shape index (κ1) is 36.8. The fourth-order valence-corrected chi connectivity index (χ4v) is 11.2. The monoisotopic (exact) mass is 824 g/mol. The predicted octanol–water partition coefficient (Wildman–Crippen LogP) is 17.0. The van der Waals surface area contributed by atoms with Gasteiger partial charge in [-0.3, -0.25) is 0 Å². The molecule has 9 aromatic carbocycles. The van der Waals surface area contributed by atoms with Crippen LogP contribution in [0.1, 0.15) is 49.9 Å². The van der Waals surface area contributed by atoms with Crippen molar-refractivity contribution in [2.24, 2.45) is 0 Å². The van der Waals surface area contributed by atoms with Gasteiger partial charge in [0.2, 0.25) is 0 Å². The summed E-state index contributed by atoms with van der Waals surface area (Å²) in [6.07, 6.45) is 0. The van der Waals surface area contributed by atoms with Crippen LogP contribution in [-0.4, -0.2) is 0 Å². The first-order valence-electron chi connectivity index (χ1n) is 22.3. The van der Waals surface area contributed by atoms with Crippen LogP contribution in [0.4, 0.5) is 34.1 Å². The first-order valence-corrected chi connectivity index (χ1v) is 22.3. The summed E-state index contributed by atoms with van der Waals surface area (Å²) < 4.78 is 12.9. The third kappa shape index (κ3) is 5.17. The van der Waals surface area contributed by atoms with Gasteiger partial charge in [-0.25, -0.2) is 0 Å². The molecule has 2 heterocycles. The number of furan rings is 2. The molecule has 306 valence electrons. The maximum Gasteiger partial charge on any atom is 0.137 e. The van der Waals surface area contributed by atoms with Crippen LogP contribution in [0.2, 0.25) is 0 Å². The molecule has 2 aliphatic carbocycles. The van der Waals surface area contributed by atoms with E-state index in [0.29, 0.717) is 0 Å². The molecule has 0 aliphatic heterocycles. The molecule has 11 aromatic rings. The Morgan fingerprint density at radius 3 is 1.64 bits per heavy atom. The Kier molecular flexibility index (Phi) is 7.67. The molecular weight excluding hydrogens is 781 g/mol. The van der Waals surface area contributed by atoms with Crippen molar-refractivity contribution in [3.05, 3.63) is 216 Å². The molecule has 0 bridgehead atoms. The Labute approximate surface area is 372 Å². The van der Waals surface area contributed by atoms with Gasteiger partial charge in [-0.2, -0.15) is 0 Å². The molecular formula is C60H44N2O2. The summed E-state index contributed by atoms with van der Waals surface area (Å²) in [5, 5.41) is 4.36. The van der Waals surface area contributed by atoms with E-state index >= 15 is 0 Å². The van der Waals surface area contributed by atoms with Crippen molar-refractivity contribution in [1.82, 2.24) is 0 Å². The molecule has 0 unspecified atom stereocenters. The van der Waals surface area contributed by atoms with E-state index in [1.165, 1.54) is 44.5 Å². The summed E-state index contributed by atoms with van der Waals surface area (Å²) in [4.78, 5) is 4.88. The molecule has 0 saturated heterocycles. The van der Waals surface area contributed by atoms with Gasteiger partial charge in [-0.1, -0.05) is 143 Å². The lowest BCUT2D eigenvalue weighted by molar-refractivity contribution is 0.660. The maximum absolute atomic E-state index is 6.54. The second-order valence-electron chi connectivity index (χ2n) is 18.5. The van der Waals surface area contributed by atoms with Crippen LogP contribution < -0.4 is 9.80 Å². The van der Waals surface area contributed by atoms with E-state index in [4.69, 9.17) is 8.83 Å². The molecule has 4 heteroatoms. The van der Waals surface area contributed by atoms with E-state index in [9.17, 15) is 0 Å². The predicted molar refractivity (Wildman–Crippen MR) is 265 cm³/mol. The molecule has 0 N–H and O–H groups in total. The summed E-state index contributed by atoms with van der Waals surface area (Å²) in [7, 11) is 0. The third-order valence-corrected chi connectivity index (χ3v) is 14.2. The van der Waals surface area contributed by atoms with E-state index < -0.39 is 0 Å². The third-order valence-electron chi connectivity index (χ3n) is 14.2. The first-order chi connectivity index (χ1) is 31.3. The fraction of sp³-hybridized carbons (Fsp3) is 0.100. The lowest BCUT2D eigenvalue weighted by Gasteiger charge is -2.31. The zero-order valence-corrected chi connectivity index (χ0v) is 36.2. The molecule has 2 aromatic heterocycles. The summed E-state index contributed by atoms with van der Waals surface area (Å²) >= 11 is 0. The highest BCUT2D eigenvalue weighted by molar-refractivity contribution is 6.14. The van der Waals surface area contributed by atoms with Crippen LogP contribution in [-0.2, 0) is 10.8 Å². The van der Waals surface area contributed by atoms with Crippen LogP contribution in [0.5, 0.6) is 0 Å². The van der Waals surface area contributed by atoms with Gasteiger partial charge in [0.1, 0.15) is 22.3 Å². The molecule has 4 nitrogen and oxygen atoms in total. The second kappa shape index (κ2) is 13.3. The number of rotatable bonds is 6. The zero-order chi connectivity index (χ0) is 42.9. The van der Waals surface area contributed by atoms with E-state index in [0.717, 1.165) is 78.0 Å². The van der Waals surface area contributed by atoms with Crippen molar-refractivity contribution >= 4 is 78.0 Å². The smallest absolute Gasteiger partial charge is 0.137 e. The highest BCUT2D eigenvalue weighted by Crippen LogP contribution is 2.56. The van der Waals surface area contributed by atoms with E-state index in [-0.39, 0.29) is 10.8 Å². The Balaban J connectivity index is 1.07. The maximum atomic E-state index is 6.54. The zero-order valence-electron chi connectivity index (χ0n) is 36.2. The largest absolute Gasteiger partial charge is 0.456 e. The Hall–Kier alpha value is -7.82. The lowest BCUT2D eigenvalue weighted by atomic mass is 9.82. The van der Waals surface area contributed by atoms with Crippen LogP contribution in [0.25, 0.3) is 66.1 Å². The molecule has 0 amide bonds. The summed E-state index contributed by atoms with van der Waals surface area (Å²) in [6.45, 7) is 9.39. The van der Waals surface area contributed by atoms with Gasteiger partial charge in [-0.15, -0.1) is 0 Å². The summed E-state index contributed by atoms with van der Waals surface area (Å²) in [6, 6.07) is 70.5. The molecule has 64 heavy (non-hydrogen) atoms. The standard InChI is InChI=1S/C60H44N2O2/c1-59(2)47-22-9-5-18-41(47)45-35-39(30-32-49(45)59)62(52-26-15-29-56-58(52)44-21-8-12-28-54(44)64-56)38-17-13-16-37(34-38)61(40-31-33-55-46(36-40)42-19-7-11-27-53(42)63-55)51-25-14-24-50-57(51)43-20-6-10-23-48(43)60(50,3)4/h5-36H,1-4H3. The molecule has 0 saturated carbocycles. The highest BCUT2D eigenvalue weighted by Gasteiger charge is 2.39. The Bertz CT molecular complexity index is 3710. The van der Waals surface area contributed by atoms with E-state index in [1.807, 2.05) is 12.1 Å². The number of nitrogens with zero attached hydrogens (tertiary/aromatic N) is 2. The van der Waals surface area contributed by atoms with Crippen LogP contribution in [0.15, 0.2) is 203 Å². The van der Waals surface area contributed by atoms with Crippen molar-refractivity contribution in [3.63, 3.8) is 0 Å². The fourth-order valence-electron chi connectivity index (χ4n) is 11.2. The van der Waals surface area contributed by atoms with Crippen molar-refractivity contribution < 1.29 is 8.83 Å². The second-order valence-corrected chi connectivity index (χ2v) is 18.5. The van der Waals surface area contributed by atoms with E-state index in [1.54, 1.807) is 0 Å². The average Bonchev–Trinajstić information content (AvgIpc) is 4.02. The minimum absolute atomic E-state index is 0.110. The van der Waals surface area contributed by atoms with Crippen molar-refractivity contribution in [3.8, 4) is 22.3 Å². The lowest BCUT2D eigenvalue weighted by Crippen LogP contribution is -2.16. The number of anilines is 6. The molecule has 2 aliphatic rings. The molecule has 0 spiro atoms. The number of hydrogen-bond donors (Lipinski definition) is 0. The van der Waals surface area contributed by atoms with Crippen LogP contribution >= 0.6 is 0 Å².